The molecule has 1 aromatic carbocycles. The molecule has 1 fully saturated rings. The van der Waals surface area contributed by atoms with Crippen molar-refractivity contribution in [1.29, 1.82) is 0 Å². The van der Waals surface area contributed by atoms with Gasteiger partial charge in [-0.1, -0.05) is 36.9 Å². The van der Waals surface area contributed by atoms with E-state index in [9.17, 15) is 9.50 Å². The maximum Gasteiger partial charge on any atom is 0.127 e. The Hall–Kier alpha value is -0.640. The highest BCUT2D eigenvalue weighted by atomic mass is 35.5. The van der Waals surface area contributed by atoms with Crippen LogP contribution in [0.15, 0.2) is 18.2 Å². The molecule has 4 heteroatoms. The minimum atomic E-state index is -0.720. The summed E-state index contributed by atoms with van der Waals surface area (Å²) in [5, 5.41) is 10.9. The molecule has 2 atom stereocenters. The van der Waals surface area contributed by atoms with Crippen LogP contribution in [0.2, 0.25) is 5.02 Å². The first-order valence-electron chi connectivity index (χ1n) is 7.86. The van der Waals surface area contributed by atoms with Crippen molar-refractivity contribution in [3.63, 3.8) is 0 Å². The maximum absolute atomic E-state index is 13.9. The molecule has 0 amide bonds. The summed E-state index contributed by atoms with van der Waals surface area (Å²) in [4.78, 5) is 0. The van der Waals surface area contributed by atoms with Crippen LogP contribution in [0.1, 0.15) is 44.6 Å². The molecule has 0 aliphatic heterocycles. The summed E-state index contributed by atoms with van der Waals surface area (Å²) in [6, 6.07) is 4.61. The Kier molecular flexibility index (Phi) is 6.46. The van der Waals surface area contributed by atoms with Crippen molar-refractivity contribution < 1.29 is 14.2 Å². The molecule has 1 saturated carbocycles. The van der Waals surface area contributed by atoms with E-state index in [1.165, 1.54) is 25.3 Å². The Bertz CT molecular complexity index is 426. The fourth-order valence-corrected chi connectivity index (χ4v) is 3.51. The van der Waals surface area contributed by atoms with Crippen molar-refractivity contribution in [2.45, 2.75) is 57.7 Å². The fourth-order valence-electron chi connectivity index (χ4n) is 3.27. The second-order valence-corrected chi connectivity index (χ2v) is 6.20. The molecule has 0 aromatic heterocycles. The fraction of sp³-hybridized carbons (Fsp3) is 0.647. The molecule has 0 radical (unpaired) electrons. The third-order valence-electron chi connectivity index (χ3n) is 4.33. The summed E-state index contributed by atoms with van der Waals surface area (Å²) in [6.07, 6.45) is 5.02. The van der Waals surface area contributed by atoms with E-state index in [-0.39, 0.29) is 18.3 Å². The minimum absolute atomic E-state index is 0.201. The zero-order valence-electron chi connectivity index (χ0n) is 12.5. The van der Waals surface area contributed by atoms with Gasteiger partial charge in [0, 0.05) is 23.6 Å². The van der Waals surface area contributed by atoms with Crippen LogP contribution in [0.4, 0.5) is 4.39 Å². The molecule has 2 rings (SSSR count). The zero-order chi connectivity index (χ0) is 15.2. The minimum Gasteiger partial charge on any atom is -0.390 e. The van der Waals surface area contributed by atoms with Gasteiger partial charge in [-0.2, -0.15) is 0 Å². The average Bonchev–Trinajstić information content (AvgIpc) is 2.49. The predicted molar refractivity (Wildman–Crippen MR) is 83.1 cm³/mol. The van der Waals surface area contributed by atoms with E-state index in [1.807, 2.05) is 6.92 Å². The van der Waals surface area contributed by atoms with E-state index in [0.29, 0.717) is 23.1 Å². The van der Waals surface area contributed by atoms with Crippen LogP contribution in [-0.4, -0.2) is 23.9 Å². The molecule has 2 unspecified atom stereocenters. The number of aliphatic hydroxyl groups is 1. The number of hydrogen-bond donors (Lipinski definition) is 1. The van der Waals surface area contributed by atoms with E-state index in [4.69, 9.17) is 16.3 Å². The van der Waals surface area contributed by atoms with Gasteiger partial charge in [-0.05, 0) is 37.8 Å². The van der Waals surface area contributed by atoms with Crippen LogP contribution >= 0.6 is 11.6 Å². The zero-order valence-corrected chi connectivity index (χ0v) is 13.3. The van der Waals surface area contributed by atoms with E-state index >= 15 is 0 Å². The highest BCUT2D eigenvalue weighted by Crippen LogP contribution is 2.31. The second kappa shape index (κ2) is 8.11. The van der Waals surface area contributed by atoms with Crippen LogP contribution < -0.4 is 0 Å². The lowest BCUT2D eigenvalue weighted by molar-refractivity contribution is -0.0717. The number of rotatable bonds is 6. The first-order chi connectivity index (χ1) is 10.1. The Morgan fingerprint density at radius 3 is 2.67 bits per heavy atom. The SMILES string of the molecule is CCOC(C(O)Cc1c(F)cccc1Cl)C1CCCCC1. The molecule has 1 aliphatic rings. The van der Waals surface area contributed by atoms with Gasteiger partial charge in [-0.25, -0.2) is 4.39 Å². The van der Waals surface area contributed by atoms with Crippen molar-refractivity contribution in [2.24, 2.45) is 5.92 Å². The van der Waals surface area contributed by atoms with Crippen molar-refractivity contribution in [1.82, 2.24) is 0 Å². The summed E-state index contributed by atoms with van der Waals surface area (Å²) in [6.45, 7) is 2.49. The van der Waals surface area contributed by atoms with Gasteiger partial charge >= 0.3 is 0 Å². The highest BCUT2D eigenvalue weighted by Gasteiger charge is 2.31. The molecule has 0 spiro atoms. The van der Waals surface area contributed by atoms with Crippen LogP contribution in [0.25, 0.3) is 0 Å². The lowest BCUT2D eigenvalue weighted by Crippen LogP contribution is -2.38. The first-order valence-corrected chi connectivity index (χ1v) is 8.23. The van der Waals surface area contributed by atoms with Crippen LogP contribution in [0.5, 0.6) is 0 Å². The molecule has 118 valence electrons. The summed E-state index contributed by atoms with van der Waals surface area (Å²) in [5.41, 5.74) is 0.382. The van der Waals surface area contributed by atoms with Crippen molar-refractivity contribution >= 4 is 11.6 Å². The predicted octanol–water partition coefficient (Wildman–Crippen LogP) is 4.37. The number of benzene rings is 1. The van der Waals surface area contributed by atoms with E-state index < -0.39 is 6.10 Å². The van der Waals surface area contributed by atoms with Gasteiger partial charge in [0.15, 0.2) is 0 Å². The van der Waals surface area contributed by atoms with Gasteiger partial charge in [-0.15, -0.1) is 0 Å². The maximum atomic E-state index is 13.9. The van der Waals surface area contributed by atoms with Crippen LogP contribution in [-0.2, 0) is 11.2 Å². The standard InChI is InChI=1S/C17H24ClFO2/c1-2-21-17(12-7-4-3-5-8-12)16(20)11-13-14(18)9-6-10-15(13)19/h6,9-10,12,16-17,20H,2-5,7-8,11H2,1H3. The second-order valence-electron chi connectivity index (χ2n) is 5.79. The van der Waals surface area contributed by atoms with Crippen molar-refractivity contribution in [3.05, 3.63) is 34.6 Å². The van der Waals surface area contributed by atoms with Crippen molar-refractivity contribution in [3.8, 4) is 0 Å². The quantitative estimate of drug-likeness (QED) is 0.845. The van der Waals surface area contributed by atoms with Gasteiger partial charge in [0.1, 0.15) is 5.82 Å². The molecule has 1 aromatic rings. The summed E-state index contributed by atoms with van der Waals surface area (Å²) < 4.78 is 19.6. The van der Waals surface area contributed by atoms with Crippen LogP contribution in [0, 0.1) is 11.7 Å². The molecule has 1 aliphatic carbocycles. The van der Waals surface area contributed by atoms with Gasteiger partial charge in [0.25, 0.3) is 0 Å². The number of halogens is 2. The number of aliphatic hydroxyl groups excluding tert-OH is 1. The van der Waals surface area contributed by atoms with Gasteiger partial charge < -0.3 is 9.84 Å². The third kappa shape index (κ3) is 4.41. The Morgan fingerprint density at radius 1 is 1.33 bits per heavy atom. The summed E-state index contributed by atoms with van der Waals surface area (Å²) in [5.74, 6) is -0.000286. The number of hydrogen-bond acceptors (Lipinski definition) is 2. The lowest BCUT2D eigenvalue weighted by Gasteiger charge is -2.33. The Balaban J connectivity index is 2.09. The van der Waals surface area contributed by atoms with Gasteiger partial charge in [-0.3, -0.25) is 0 Å². The molecular formula is C17H24ClFO2. The molecular weight excluding hydrogens is 291 g/mol. The Morgan fingerprint density at radius 2 is 2.05 bits per heavy atom. The largest absolute Gasteiger partial charge is 0.390 e. The van der Waals surface area contributed by atoms with E-state index in [2.05, 4.69) is 0 Å². The highest BCUT2D eigenvalue weighted by molar-refractivity contribution is 6.31. The molecule has 21 heavy (non-hydrogen) atoms. The lowest BCUT2D eigenvalue weighted by atomic mass is 9.82. The van der Waals surface area contributed by atoms with Gasteiger partial charge in [0.05, 0.1) is 12.2 Å². The van der Waals surface area contributed by atoms with Crippen molar-refractivity contribution in [2.75, 3.05) is 6.61 Å². The first kappa shape index (κ1) is 16.7. The summed E-state index contributed by atoms with van der Waals surface area (Å²) in [7, 11) is 0. The molecule has 2 nitrogen and oxygen atoms in total. The molecule has 0 saturated heterocycles. The van der Waals surface area contributed by atoms with E-state index in [1.54, 1.807) is 12.1 Å². The van der Waals surface area contributed by atoms with E-state index in [0.717, 1.165) is 12.8 Å². The molecule has 1 N–H and O–H groups in total. The molecule has 0 heterocycles. The third-order valence-corrected chi connectivity index (χ3v) is 4.68. The monoisotopic (exact) mass is 314 g/mol. The molecule has 0 bridgehead atoms. The smallest absolute Gasteiger partial charge is 0.127 e. The average molecular weight is 315 g/mol. The van der Waals surface area contributed by atoms with Gasteiger partial charge in [0.2, 0.25) is 0 Å². The summed E-state index contributed by atoms with van der Waals surface area (Å²) >= 11 is 6.05. The van der Waals surface area contributed by atoms with Crippen LogP contribution in [0.3, 0.4) is 0 Å². The Labute approximate surface area is 131 Å². The topological polar surface area (TPSA) is 29.5 Å². The normalized spacial score (nSPS) is 19.4. The number of ether oxygens (including phenoxy) is 1.